The first-order valence-corrected chi connectivity index (χ1v) is 37.1. The van der Waals surface area contributed by atoms with Gasteiger partial charge in [-0.15, -0.1) is 11.3 Å². The second-order valence-corrected chi connectivity index (χ2v) is 29.7. The Morgan fingerprint density at radius 2 is 1.46 bits per heavy atom. The number of aryl methyl sites for hydroxylation is 1. The number of methoxy groups -OCH3 is 2. The van der Waals surface area contributed by atoms with E-state index in [2.05, 4.69) is 38.4 Å². The van der Waals surface area contributed by atoms with Gasteiger partial charge in [-0.3, -0.25) is 52.8 Å². The number of alkyl carbamates (subject to hydrolysis) is 1. The fraction of sp³-hybridized carbons (Fsp3) is 0.577. The molecular weight excluding hydrogens is 1350 g/mol. The van der Waals surface area contributed by atoms with Gasteiger partial charge in [0, 0.05) is 120 Å². The Balaban J connectivity index is 0.983. The maximum Gasteiger partial charge on any atom is 0.408 e. The summed E-state index contributed by atoms with van der Waals surface area (Å²) in [5.41, 5.74) is 7.36. The summed E-state index contributed by atoms with van der Waals surface area (Å²) in [5.74, 6) is -6.38. The van der Waals surface area contributed by atoms with Gasteiger partial charge < -0.3 is 55.7 Å². The standard InChI is InChI=1S/C78H109N9O16S/c1-13-50(6)71(64(100-11)44-69(95)86-36-18-22-61(86)72(101-12)51(7)62(89)42-57(74-80-35-38-104-74)39-53-19-15-14-16-20-53)85(10)75(97)60(48(2)3)43-65(91)78(8,9)84-77(99)103-45-55-27-30-58(31-28-55)82-73(96)56(21-17-34-81-76(79)98)41-63(90)70(49(4)5)83-66(92)47-102-46-59(88)40-54-25-23-52(24-26-54)29-32-67(93)87-37-33-68(87)94/h14-16,19-20,23-28,30-31,35,38,48-51,56-57,60-61,64,70-72H,13,17-18,21-22,29,32-34,36-37,39-47H2,1-12H3,(H,82,96)(H,83,92)(H,84,99)(H3,79,81,98)/t50-,51-,56+,57+,60-,61-,64+,70-,71-,72+/m0/s1. The zero-order valence-electron chi connectivity index (χ0n) is 62.5. The van der Waals surface area contributed by atoms with E-state index in [1.165, 1.54) is 37.2 Å². The SMILES string of the molecule is CC[C@H](C)[C@@H]([C@@H](CC(=O)N1CCC[C@H]1[C@H](OC)[C@@H](C)C(=O)C[C@@H](Cc1ccccc1)c1nccs1)OC)N(C)C(=O)[C@@H](CC(=O)C(C)(C)NC(=O)OCc1ccc(NC(=O)[C@H](CCCNC(N)=O)CC(=O)[C@@H](NC(=O)COCC(=O)Cc2ccc(CCC(=O)N3CCC3=O)cc2)C(C)C)cc1)C(C)C. The normalized spacial score (nSPS) is 16.4. The molecular formula is C78H109N9O16S. The number of ether oxygens (including phenoxy) is 4. The van der Waals surface area contributed by atoms with Gasteiger partial charge in [0.25, 0.3) is 0 Å². The van der Waals surface area contributed by atoms with Crippen LogP contribution in [-0.4, -0.2) is 180 Å². The second kappa shape index (κ2) is 41.2. The largest absolute Gasteiger partial charge is 0.445 e. The van der Waals surface area contributed by atoms with E-state index < -0.39 is 95.6 Å². The number of rotatable bonds is 44. The maximum absolute atomic E-state index is 14.8. The van der Waals surface area contributed by atoms with Crippen molar-refractivity contribution in [3.8, 4) is 0 Å². The third-order valence-electron chi connectivity index (χ3n) is 20.0. The first-order chi connectivity index (χ1) is 49.4. The molecule has 9 amide bonds. The lowest BCUT2D eigenvalue weighted by molar-refractivity contribution is -0.152. The second-order valence-electron chi connectivity index (χ2n) is 28.8. The van der Waals surface area contributed by atoms with Crippen LogP contribution in [0.2, 0.25) is 0 Å². The van der Waals surface area contributed by atoms with Gasteiger partial charge >= 0.3 is 12.1 Å². The van der Waals surface area contributed by atoms with Gasteiger partial charge in [-0.25, -0.2) is 14.6 Å². The molecule has 3 heterocycles. The van der Waals surface area contributed by atoms with Crippen molar-refractivity contribution in [3.05, 3.63) is 118 Å². The lowest BCUT2D eigenvalue weighted by Crippen LogP contribution is -2.55. The van der Waals surface area contributed by atoms with Crippen molar-refractivity contribution in [2.24, 2.45) is 41.2 Å². The molecule has 1 aromatic heterocycles. The van der Waals surface area contributed by atoms with Crippen LogP contribution in [0.1, 0.15) is 166 Å². The summed E-state index contributed by atoms with van der Waals surface area (Å²) in [6.45, 7) is 16.1. The summed E-state index contributed by atoms with van der Waals surface area (Å²) in [5, 5.41) is 13.5. The van der Waals surface area contributed by atoms with Gasteiger partial charge in [-0.2, -0.15) is 0 Å². The number of β-lactam (4-membered cyclic amide) rings is 1. The molecule has 2 aliphatic rings. The van der Waals surface area contributed by atoms with E-state index in [1.807, 2.05) is 75.2 Å². The molecule has 2 fully saturated rings. The van der Waals surface area contributed by atoms with E-state index in [0.717, 1.165) is 22.6 Å². The number of primary amides is 1. The molecule has 0 spiro atoms. The minimum absolute atomic E-state index is 0.0293. The number of thiazole rings is 1. The van der Waals surface area contributed by atoms with Crippen molar-refractivity contribution in [2.45, 2.75) is 201 Å². The molecule has 26 heteroatoms. The predicted molar refractivity (Wildman–Crippen MR) is 394 cm³/mol. The van der Waals surface area contributed by atoms with Crippen molar-refractivity contribution in [1.82, 2.24) is 35.6 Å². The van der Waals surface area contributed by atoms with Crippen LogP contribution in [0, 0.1) is 35.5 Å². The Morgan fingerprint density at radius 3 is 2.06 bits per heavy atom. The number of imide groups is 1. The average Bonchev–Trinajstić information content (AvgIpc) is 1.42. The van der Waals surface area contributed by atoms with E-state index >= 15 is 0 Å². The van der Waals surface area contributed by atoms with E-state index in [0.29, 0.717) is 62.0 Å². The summed E-state index contributed by atoms with van der Waals surface area (Å²) < 4.78 is 23.3. The van der Waals surface area contributed by atoms with Crippen molar-refractivity contribution < 1.29 is 76.5 Å². The van der Waals surface area contributed by atoms with Crippen LogP contribution in [0.3, 0.4) is 0 Å². The monoisotopic (exact) mass is 1460 g/mol. The molecule has 6 N–H and O–H groups in total. The van der Waals surface area contributed by atoms with Crippen LogP contribution in [0.4, 0.5) is 15.3 Å². The fourth-order valence-corrected chi connectivity index (χ4v) is 14.3. The van der Waals surface area contributed by atoms with Crippen molar-refractivity contribution in [3.63, 3.8) is 0 Å². The molecule has 6 rings (SSSR count). The molecule has 3 aromatic carbocycles. The number of Topliss-reactive ketones (excluding diaryl/α,β-unsaturated/α-hetero) is 4. The fourth-order valence-electron chi connectivity index (χ4n) is 13.5. The molecule has 10 atom stereocenters. The molecule has 0 unspecified atom stereocenters. The topological polar surface area (TPSA) is 339 Å². The van der Waals surface area contributed by atoms with Gasteiger partial charge in [0.05, 0.1) is 47.3 Å². The lowest BCUT2D eigenvalue weighted by atomic mass is 9.83. The molecule has 0 bridgehead atoms. The average molecular weight is 1460 g/mol. The van der Waals surface area contributed by atoms with Crippen LogP contribution in [0.25, 0.3) is 0 Å². The molecule has 4 aromatic rings. The number of nitrogens with two attached hydrogens (primary N) is 1. The summed E-state index contributed by atoms with van der Waals surface area (Å²) in [6, 6.07) is 20.9. The number of carbonyl (C=O) groups is 12. The van der Waals surface area contributed by atoms with Gasteiger partial charge in [-0.05, 0) is 105 Å². The number of carbonyl (C=O) groups excluding carboxylic acids is 12. The highest BCUT2D eigenvalue weighted by Gasteiger charge is 2.44. The van der Waals surface area contributed by atoms with Crippen LogP contribution in [0.15, 0.2) is 90.4 Å². The Morgan fingerprint density at radius 1 is 0.779 bits per heavy atom. The Kier molecular flexibility index (Phi) is 33.4. The number of aromatic nitrogens is 1. The number of urea groups is 1. The smallest absolute Gasteiger partial charge is 0.408 e. The highest BCUT2D eigenvalue weighted by atomic mass is 32.1. The third kappa shape index (κ3) is 25.3. The zero-order chi connectivity index (χ0) is 76.4. The van der Waals surface area contributed by atoms with Crippen LogP contribution >= 0.6 is 11.3 Å². The number of nitrogens with one attached hydrogen (secondary N) is 4. The summed E-state index contributed by atoms with van der Waals surface area (Å²) >= 11 is 1.53. The number of amides is 9. The van der Waals surface area contributed by atoms with Crippen LogP contribution in [0.5, 0.6) is 0 Å². The Hall–Kier alpha value is -8.59. The number of anilines is 1. The predicted octanol–water partition coefficient (Wildman–Crippen LogP) is 8.91. The number of hydrogen-bond donors (Lipinski definition) is 5. The van der Waals surface area contributed by atoms with Crippen molar-refractivity contribution >= 4 is 87.7 Å². The van der Waals surface area contributed by atoms with Gasteiger partial charge in [-0.1, -0.05) is 122 Å². The van der Waals surface area contributed by atoms with E-state index in [9.17, 15) is 57.5 Å². The number of nitrogens with zero attached hydrogens (tertiary/aromatic N) is 4. The zero-order valence-corrected chi connectivity index (χ0v) is 63.4. The number of hydrogen-bond acceptors (Lipinski definition) is 18. The molecule has 568 valence electrons. The first kappa shape index (κ1) is 84.3. The molecule has 0 radical (unpaired) electrons. The van der Waals surface area contributed by atoms with Crippen molar-refractivity contribution in [1.29, 1.82) is 0 Å². The summed E-state index contributed by atoms with van der Waals surface area (Å²) in [6.07, 6.45) is 3.46. The molecule has 104 heavy (non-hydrogen) atoms. The molecule has 2 aliphatic heterocycles. The number of likely N-dealkylation sites (N-methyl/N-ethyl adjacent to an activating group) is 1. The van der Waals surface area contributed by atoms with Crippen molar-refractivity contribution in [2.75, 3.05) is 59.4 Å². The lowest BCUT2D eigenvalue weighted by Gasteiger charge is -2.41. The summed E-state index contributed by atoms with van der Waals surface area (Å²) in [7, 11) is 4.79. The van der Waals surface area contributed by atoms with Crippen LogP contribution < -0.4 is 27.0 Å². The first-order valence-electron chi connectivity index (χ1n) is 36.3. The molecule has 0 saturated carbocycles. The maximum atomic E-state index is 14.8. The summed E-state index contributed by atoms with van der Waals surface area (Å²) in [4.78, 5) is 170. The van der Waals surface area contributed by atoms with Crippen LogP contribution in [-0.2, 0) is 92.8 Å². The number of ketones is 4. The van der Waals surface area contributed by atoms with Gasteiger partial charge in [0.1, 0.15) is 25.6 Å². The van der Waals surface area contributed by atoms with E-state index in [4.69, 9.17) is 24.7 Å². The number of benzene rings is 3. The van der Waals surface area contributed by atoms with Gasteiger partial charge in [0.15, 0.2) is 17.3 Å². The molecule has 25 nitrogen and oxygen atoms in total. The minimum atomic E-state index is -1.48. The highest BCUT2D eigenvalue weighted by Crippen LogP contribution is 2.34. The third-order valence-corrected chi connectivity index (χ3v) is 21.0. The quantitative estimate of drug-likeness (QED) is 0.0204. The number of likely N-dealkylation sites (tertiary alicyclic amines) is 2. The van der Waals surface area contributed by atoms with E-state index in [1.54, 1.807) is 75.5 Å². The Labute approximate surface area is 615 Å². The molecule has 2 saturated heterocycles. The Bertz CT molecular complexity index is 3530. The van der Waals surface area contributed by atoms with E-state index in [-0.39, 0.29) is 130 Å². The molecule has 0 aliphatic carbocycles. The highest BCUT2D eigenvalue weighted by molar-refractivity contribution is 7.09. The minimum Gasteiger partial charge on any atom is -0.445 e. The van der Waals surface area contributed by atoms with Gasteiger partial charge in [0.2, 0.25) is 35.4 Å².